The van der Waals surface area contributed by atoms with Gasteiger partial charge in [0.05, 0.1) is 23.7 Å². The molecule has 1 aliphatic carbocycles. The van der Waals surface area contributed by atoms with Gasteiger partial charge < -0.3 is 20.3 Å². The Balaban J connectivity index is 2.06. The molecule has 1 aliphatic rings. The summed E-state index contributed by atoms with van der Waals surface area (Å²) in [6.45, 7) is 0.628. The SMILES string of the molecule is COc1cc(CNCC2(O)CCCCC2)c([N+](=O)[O-])cc1O. The number of nitro benzene ring substituents is 1. The summed E-state index contributed by atoms with van der Waals surface area (Å²) in [5.41, 5.74) is -0.478. The van der Waals surface area contributed by atoms with Crippen molar-refractivity contribution in [3.05, 3.63) is 27.8 Å². The van der Waals surface area contributed by atoms with E-state index in [9.17, 15) is 20.3 Å². The van der Waals surface area contributed by atoms with Crippen molar-refractivity contribution >= 4 is 5.69 Å². The molecule has 0 aromatic heterocycles. The Kier molecular flexibility index (Phi) is 5.20. The number of ether oxygens (including phenoxy) is 1. The van der Waals surface area contributed by atoms with Crippen LogP contribution in [0.5, 0.6) is 11.5 Å². The molecule has 3 N–H and O–H groups in total. The summed E-state index contributed by atoms with van der Waals surface area (Å²) in [6.07, 6.45) is 4.65. The number of hydrogen-bond donors (Lipinski definition) is 3. The van der Waals surface area contributed by atoms with Crippen LogP contribution in [0.4, 0.5) is 5.69 Å². The summed E-state index contributed by atoms with van der Waals surface area (Å²) in [7, 11) is 1.39. The number of phenols is 1. The molecule has 0 unspecified atom stereocenters. The molecule has 0 radical (unpaired) electrons. The number of benzene rings is 1. The monoisotopic (exact) mass is 310 g/mol. The minimum atomic E-state index is -0.728. The number of aromatic hydroxyl groups is 1. The molecule has 0 atom stereocenters. The molecule has 2 rings (SSSR count). The molecule has 0 saturated heterocycles. The van der Waals surface area contributed by atoms with Gasteiger partial charge in [-0.3, -0.25) is 10.1 Å². The highest BCUT2D eigenvalue weighted by Crippen LogP contribution is 2.33. The van der Waals surface area contributed by atoms with Crippen LogP contribution in [-0.4, -0.2) is 34.4 Å². The molecule has 1 saturated carbocycles. The van der Waals surface area contributed by atoms with Crippen LogP contribution in [0.1, 0.15) is 37.7 Å². The van der Waals surface area contributed by atoms with Gasteiger partial charge in [0.15, 0.2) is 11.5 Å². The van der Waals surface area contributed by atoms with Crippen molar-refractivity contribution < 1.29 is 19.9 Å². The second-order valence-corrected chi connectivity index (χ2v) is 5.80. The van der Waals surface area contributed by atoms with Crippen molar-refractivity contribution in [2.45, 2.75) is 44.2 Å². The number of rotatable bonds is 6. The van der Waals surface area contributed by atoms with Crippen molar-refractivity contribution in [3.8, 4) is 11.5 Å². The van der Waals surface area contributed by atoms with Crippen LogP contribution in [-0.2, 0) is 6.54 Å². The van der Waals surface area contributed by atoms with Gasteiger partial charge in [-0.2, -0.15) is 0 Å². The molecule has 7 heteroatoms. The van der Waals surface area contributed by atoms with E-state index in [1.807, 2.05) is 0 Å². The van der Waals surface area contributed by atoms with Crippen LogP contribution in [0.3, 0.4) is 0 Å². The molecule has 22 heavy (non-hydrogen) atoms. The molecule has 0 spiro atoms. The summed E-state index contributed by atoms with van der Waals surface area (Å²) >= 11 is 0. The highest BCUT2D eigenvalue weighted by atomic mass is 16.6. The largest absolute Gasteiger partial charge is 0.504 e. The van der Waals surface area contributed by atoms with Crippen molar-refractivity contribution in [1.29, 1.82) is 0 Å². The van der Waals surface area contributed by atoms with Crippen LogP contribution in [0.2, 0.25) is 0 Å². The number of hydrogen-bond acceptors (Lipinski definition) is 6. The summed E-state index contributed by atoms with van der Waals surface area (Å²) in [5, 5.41) is 34.2. The van der Waals surface area contributed by atoms with Crippen LogP contribution in [0, 0.1) is 10.1 Å². The quantitative estimate of drug-likeness (QED) is 0.549. The van der Waals surface area contributed by atoms with Gasteiger partial charge in [0.1, 0.15) is 0 Å². The molecule has 1 aromatic carbocycles. The lowest BCUT2D eigenvalue weighted by molar-refractivity contribution is -0.385. The van der Waals surface area contributed by atoms with Crippen molar-refractivity contribution in [2.75, 3.05) is 13.7 Å². The minimum Gasteiger partial charge on any atom is -0.504 e. The smallest absolute Gasteiger partial charge is 0.277 e. The third-order valence-electron chi connectivity index (χ3n) is 4.13. The molecule has 0 heterocycles. The average molecular weight is 310 g/mol. The van der Waals surface area contributed by atoms with Gasteiger partial charge in [-0.15, -0.1) is 0 Å². The first-order valence-electron chi connectivity index (χ1n) is 7.42. The van der Waals surface area contributed by atoms with Crippen LogP contribution in [0.25, 0.3) is 0 Å². The Morgan fingerprint density at radius 1 is 1.36 bits per heavy atom. The van der Waals surface area contributed by atoms with Gasteiger partial charge >= 0.3 is 0 Å². The lowest BCUT2D eigenvalue weighted by Crippen LogP contribution is -2.41. The molecular formula is C15H22N2O5. The first-order chi connectivity index (χ1) is 10.4. The Labute approximate surface area is 129 Å². The zero-order valence-electron chi connectivity index (χ0n) is 12.7. The Bertz CT molecular complexity index is 541. The third-order valence-corrected chi connectivity index (χ3v) is 4.13. The zero-order chi connectivity index (χ0) is 16.2. The highest BCUT2D eigenvalue weighted by Gasteiger charge is 2.29. The molecule has 0 amide bonds. The molecular weight excluding hydrogens is 288 g/mol. The normalized spacial score (nSPS) is 17.2. The van der Waals surface area contributed by atoms with E-state index < -0.39 is 10.5 Å². The van der Waals surface area contributed by atoms with Crippen LogP contribution in [0.15, 0.2) is 12.1 Å². The number of nitrogens with zero attached hydrogens (tertiary/aromatic N) is 1. The van der Waals surface area contributed by atoms with Crippen molar-refractivity contribution in [1.82, 2.24) is 5.32 Å². The highest BCUT2D eigenvalue weighted by molar-refractivity contribution is 5.53. The second-order valence-electron chi connectivity index (χ2n) is 5.80. The van der Waals surface area contributed by atoms with Gasteiger partial charge in [0.25, 0.3) is 5.69 Å². The van der Waals surface area contributed by atoms with Gasteiger partial charge in [0, 0.05) is 18.7 Å². The number of phenolic OH excluding ortho intramolecular Hbond substituents is 1. The summed E-state index contributed by atoms with van der Waals surface area (Å²) in [6, 6.07) is 2.54. The van der Waals surface area contributed by atoms with Crippen molar-refractivity contribution in [3.63, 3.8) is 0 Å². The average Bonchev–Trinajstić information content (AvgIpc) is 2.48. The molecule has 122 valence electrons. The van der Waals surface area contributed by atoms with Gasteiger partial charge in [-0.1, -0.05) is 19.3 Å². The molecule has 7 nitrogen and oxygen atoms in total. The van der Waals surface area contributed by atoms with Gasteiger partial charge in [0.2, 0.25) is 0 Å². The van der Waals surface area contributed by atoms with Gasteiger partial charge in [-0.25, -0.2) is 0 Å². The van der Waals surface area contributed by atoms with E-state index in [2.05, 4.69) is 5.32 Å². The molecule has 1 aromatic rings. The van der Waals surface area contributed by atoms with Gasteiger partial charge in [-0.05, 0) is 18.9 Å². The fraction of sp³-hybridized carbons (Fsp3) is 0.600. The standard InChI is InChI=1S/C15H22N2O5/c1-22-14-7-11(12(17(20)21)8-13(14)18)9-16-10-15(19)5-3-2-4-6-15/h7-8,16,18-19H,2-6,9-10H2,1H3. The van der Waals surface area contributed by atoms with E-state index in [4.69, 9.17) is 4.74 Å². The Morgan fingerprint density at radius 3 is 2.64 bits per heavy atom. The molecule has 0 bridgehead atoms. The number of nitrogens with one attached hydrogen (secondary N) is 1. The predicted molar refractivity (Wildman–Crippen MR) is 81.1 cm³/mol. The summed E-state index contributed by atoms with van der Waals surface area (Å²) < 4.78 is 4.99. The second kappa shape index (κ2) is 6.93. The lowest BCUT2D eigenvalue weighted by atomic mass is 9.85. The topological polar surface area (TPSA) is 105 Å². The van der Waals surface area contributed by atoms with E-state index >= 15 is 0 Å². The lowest BCUT2D eigenvalue weighted by Gasteiger charge is -2.32. The van der Waals surface area contributed by atoms with Crippen LogP contribution >= 0.6 is 0 Å². The summed E-state index contributed by atoms with van der Waals surface area (Å²) in [4.78, 5) is 10.5. The fourth-order valence-electron chi connectivity index (χ4n) is 2.89. The maximum atomic E-state index is 11.1. The minimum absolute atomic E-state index is 0.165. The number of methoxy groups -OCH3 is 1. The molecule has 1 fully saturated rings. The third kappa shape index (κ3) is 3.86. The Morgan fingerprint density at radius 2 is 2.05 bits per heavy atom. The van der Waals surface area contributed by atoms with E-state index in [0.717, 1.165) is 38.2 Å². The predicted octanol–water partition coefficient (Wildman–Crippen LogP) is 2.09. The first kappa shape index (κ1) is 16.5. The number of nitro groups is 1. The fourth-order valence-corrected chi connectivity index (χ4v) is 2.89. The maximum Gasteiger partial charge on any atom is 0.277 e. The van der Waals surface area contributed by atoms with E-state index in [0.29, 0.717) is 12.1 Å². The Hall–Kier alpha value is -1.86. The van der Waals surface area contributed by atoms with E-state index in [1.54, 1.807) is 0 Å². The zero-order valence-corrected chi connectivity index (χ0v) is 12.7. The number of aliphatic hydroxyl groups is 1. The van der Waals surface area contributed by atoms with E-state index in [-0.39, 0.29) is 23.7 Å². The maximum absolute atomic E-state index is 11.1. The van der Waals surface area contributed by atoms with Crippen molar-refractivity contribution in [2.24, 2.45) is 0 Å². The first-order valence-corrected chi connectivity index (χ1v) is 7.42. The van der Waals surface area contributed by atoms with E-state index in [1.165, 1.54) is 13.2 Å². The summed E-state index contributed by atoms with van der Waals surface area (Å²) in [5.74, 6) is -0.0670. The van der Waals surface area contributed by atoms with Crippen LogP contribution < -0.4 is 10.1 Å². The molecule has 0 aliphatic heterocycles.